The van der Waals surface area contributed by atoms with E-state index >= 15 is 0 Å². The first kappa shape index (κ1) is 22.6. The van der Waals surface area contributed by atoms with Crippen molar-refractivity contribution < 1.29 is 13.9 Å². The summed E-state index contributed by atoms with van der Waals surface area (Å²) in [6.07, 6.45) is 1.38. The summed E-state index contributed by atoms with van der Waals surface area (Å²) in [6.45, 7) is 6.28. The molecule has 3 atom stereocenters. The summed E-state index contributed by atoms with van der Waals surface area (Å²) in [5.41, 5.74) is 7.32. The molecule has 0 radical (unpaired) electrons. The van der Waals surface area contributed by atoms with Crippen LogP contribution < -0.4 is 21.1 Å². The van der Waals surface area contributed by atoms with Crippen molar-refractivity contribution in [1.29, 1.82) is 0 Å². The van der Waals surface area contributed by atoms with Gasteiger partial charge in [0.1, 0.15) is 23.7 Å². The molecule has 0 saturated carbocycles. The number of anilines is 1. The molecule has 0 bridgehead atoms. The third kappa shape index (κ3) is 4.96. The second-order valence-corrected chi connectivity index (χ2v) is 8.77. The van der Waals surface area contributed by atoms with E-state index < -0.39 is 5.54 Å². The SMILES string of the molecule is CC.CC1(c2cc(NC(=O)C3COc4ccccc4C3)ccc2F)CCSC(N)N1. The van der Waals surface area contributed by atoms with Crippen molar-refractivity contribution in [2.45, 2.75) is 44.6 Å². The maximum Gasteiger partial charge on any atom is 0.231 e. The van der Waals surface area contributed by atoms with Crippen molar-refractivity contribution in [3.63, 3.8) is 0 Å². The number of halogens is 1. The molecular weight excluding hydrogens is 401 g/mol. The van der Waals surface area contributed by atoms with Crippen LogP contribution in [0.25, 0.3) is 0 Å². The number of carbonyl (C=O) groups excluding carboxylic acids is 1. The molecule has 2 heterocycles. The number of nitrogens with one attached hydrogen (secondary N) is 2. The van der Waals surface area contributed by atoms with E-state index in [4.69, 9.17) is 10.5 Å². The summed E-state index contributed by atoms with van der Waals surface area (Å²) < 4.78 is 20.3. The van der Waals surface area contributed by atoms with Crippen LogP contribution in [-0.2, 0) is 16.8 Å². The zero-order chi connectivity index (χ0) is 21.7. The molecule has 162 valence electrons. The summed E-state index contributed by atoms with van der Waals surface area (Å²) in [4.78, 5) is 12.8. The number of hydrogen-bond donors (Lipinski definition) is 3. The molecule has 1 saturated heterocycles. The Balaban J connectivity index is 0.00000124. The van der Waals surface area contributed by atoms with Gasteiger partial charge in [0, 0.05) is 16.8 Å². The fourth-order valence-corrected chi connectivity index (χ4v) is 4.92. The number of hydrogen-bond acceptors (Lipinski definition) is 5. The van der Waals surface area contributed by atoms with Gasteiger partial charge in [-0.25, -0.2) is 4.39 Å². The summed E-state index contributed by atoms with van der Waals surface area (Å²) in [5, 5.41) is 6.20. The minimum atomic E-state index is -0.567. The second kappa shape index (κ2) is 9.81. The molecule has 2 aliphatic heterocycles. The summed E-state index contributed by atoms with van der Waals surface area (Å²) >= 11 is 1.61. The molecule has 2 aromatic carbocycles. The van der Waals surface area contributed by atoms with E-state index in [0.29, 0.717) is 24.3 Å². The van der Waals surface area contributed by atoms with Crippen molar-refractivity contribution in [2.24, 2.45) is 11.7 Å². The minimum Gasteiger partial charge on any atom is -0.492 e. The van der Waals surface area contributed by atoms with Gasteiger partial charge >= 0.3 is 0 Å². The monoisotopic (exact) mass is 431 g/mol. The van der Waals surface area contributed by atoms with Gasteiger partial charge in [0.05, 0.1) is 5.92 Å². The van der Waals surface area contributed by atoms with Crippen LogP contribution in [0.1, 0.15) is 38.3 Å². The van der Waals surface area contributed by atoms with E-state index in [1.54, 1.807) is 23.9 Å². The first-order valence-electron chi connectivity index (χ1n) is 10.4. The predicted octanol–water partition coefficient (Wildman–Crippen LogP) is 4.23. The Hall–Kier alpha value is -2.09. The number of fused-ring (bicyclic) bond motifs is 1. The van der Waals surface area contributed by atoms with E-state index in [2.05, 4.69) is 10.6 Å². The van der Waals surface area contributed by atoms with Crippen molar-refractivity contribution in [3.05, 3.63) is 59.4 Å². The molecule has 1 fully saturated rings. The van der Waals surface area contributed by atoms with Crippen LogP contribution in [0.15, 0.2) is 42.5 Å². The number of amides is 1. The van der Waals surface area contributed by atoms with Crippen LogP contribution in [0.4, 0.5) is 10.1 Å². The van der Waals surface area contributed by atoms with Crippen LogP contribution >= 0.6 is 11.8 Å². The van der Waals surface area contributed by atoms with Crippen LogP contribution in [0.3, 0.4) is 0 Å². The number of benzene rings is 2. The molecule has 5 nitrogen and oxygen atoms in total. The maximum atomic E-state index is 14.6. The molecule has 4 rings (SSSR count). The Morgan fingerprint density at radius 1 is 1.30 bits per heavy atom. The summed E-state index contributed by atoms with van der Waals surface area (Å²) in [7, 11) is 0. The molecular formula is C23H30FN3O2S. The van der Waals surface area contributed by atoms with Crippen LogP contribution in [0.2, 0.25) is 0 Å². The van der Waals surface area contributed by atoms with E-state index in [1.807, 2.05) is 45.0 Å². The smallest absolute Gasteiger partial charge is 0.231 e. The lowest BCUT2D eigenvalue weighted by Crippen LogP contribution is -2.52. The number of nitrogens with two attached hydrogens (primary N) is 1. The maximum absolute atomic E-state index is 14.6. The highest BCUT2D eigenvalue weighted by Gasteiger charge is 2.34. The van der Waals surface area contributed by atoms with Crippen molar-refractivity contribution >= 4 is 23.4 Å². The largest absolute Gasteiger partial charge is 0.492 e. The normalized spacial score (nSPS) is 25.2. The van der Waals surface area contributed by atoms with Gasteiger partial charge in [-0.3, -0.25) is 10.1 Å². The molecule has 1 amide bonds. The van der Waals surface area contributed by atoms with Gasteiger partial charge in [0.25, 0.3) is 0 Å². The minimum absolute atomic E-state index is 0.124. The van der Waals surface area contributed by atoms with E-state index in [1.165, 1.54) is 6.07 Å². The van der Waals surface area contributed by atoms with Gasteiger partial charge in [-0.05, 0) is 55.3 Å². The summed E-state index contributed by atoms with van der Waals surface area (Å²) in [5.74, 6) is 0.973. The molecule has 30 heavy (non-hydrogen) atoms. The number of thioether (sulfide) groups is 1. The highest BCUT2D eigenvalue weighted by Crippen LogP contribution is 2.35. The lowest BCUT2D eigenvalue weighted by molar-refractivity contribution is -0.121. The standard InChI is InChI=1S/C21H24FN3O2S.C2H6/c1-21(8-9-28-20(23)25-21)16-11-15(6-7-17(16)22)24-19(26)14-10-13-4-2-3-5-18(13)27-12-14;1-2/h2-7,11,14,20,25H,8-10,12,23H2,1H3,(H,24,26);1-2H3. The topological polar surface area (TPSA) is 76.4 Å². The molecule has 3 unspecified atom stereocenters. The highest BCUT2D eigenvalue weighted by atomic mass is 32.2. The second-order valence-electron chi connectivity index (χ2n) is 7.52. The average molecular weight is 432 g/mol. The van der Waals surface area contributed by atoms with E-state index in [9.17, 15) is 9.18 Å². The first-order chi connectivity index (χ1) is 14.4. The van der Waals surface area contributed by atoms with Gasteiger partial charge in [-0.15, -0.1) is 11.8 Å². The van der Waals surface area contributed by atoms with Crippen LogP contribution in [0, 0.1) is 11.7 Å². The quantitative estimate of drug-likeness (QED) is 0.678. The fourth-order valence-electron chi connectivity index (χ4n) is 3.80. The predicted molar refractivity (Wildman–Crippen MR) is 121 cm³/mol. The fraction of sp³-hybridized carbons (Fsp3) is 0.435. The molecule has 4 N–H and O–H groups in total. The van der Waals surface area contributed by atoms with Gasteiger partial charge in [-0.2, -0.15) is 0 Å². The van der Waals surface area contributed by atoms with Crippen LogP contribution in [-0.4, -0.2) is 23.8 Å². The van der Waals surface area contributed by atoms with Gasteiger partial charge < -0.3 is 15.8 Å². The first-order valence-corrected chi connectivity index (χ1v) is 11.5. The highest BCUT2D eigenvalue weighted by molar-refractivity contribution is 7.99. The van der Waals surface area contributed by atoms with Crippen molar-refractivity contribution in [2.75, 3.05) is 17.7 Å². The Morgan fingerprint density at radius 2 is 2.07 bits per heavy atom. The van der Waals surface area contributed by atoms with Crippen molar-refractivity contribution in [3.8, 4) is 5.75 Å². The number of para-hydroxylation sites is 1. The van der Waals surface area contributed by atoms with Gasteiger partial charge in [0.15, 0.2) is 0 Å². The Morgan fingerprint density at radius 3 is 2.83 bits per heavy atom. The van der Waals surface area contributed by atoms with E-state index in [0.717, 1.165) is 23.5 Å². The summed E-state index contributed by atoms with van der Waals surface area (Å²) in [6, 6.07) is 12.4. The molecule has 0 spiro atoms. The van der Waals surface area contributed by atoms with Crippen molar-refractivity contribution in [1.82, 2.24) is 5.32 Å². The third-order valence-corrected chi connectivity index (χ3v) is 6.36. The Labute approximate surface area is 182 Å². The zero-order valence-corrected chi connectivity index (χ0v) is 18.5. The van der Waals surface area contributed by atoms with Crippen LogP contribution in [0.5, 0.6) is 5.75 Å². The number of rotatable bonds is 3. The molecule has 0 aliphatic carbocycles. The number of carbonyl (C=O) groups is 1. The average Bonchev–Trinajstić information content (AvgIpc) is 2.76. The number of ether oxygens (including phenoxy) is 1. The molecule has 2 aromatic rings. The van der Waals surface area contributed by atoms with E-state index in [-0.39, 0.29) is 23.1 Å². The van der Waals surface area contributed by atoms with Gasteiger partial charge in [0.2, 0.25) is 5.91 Å². The molecule has 0 aromatic heterocycles. The third-order valence-electron chi connectivity index (χ3n) is 5.44. The van der Waals surface area contributed by atoms with Gasteiger partial charge in [-0.1, -0.05) is 32.0 Å². The molecule has 2 aliphatic rings. The zero-order valence-electron chi connectivity index (χ0n) is 17.7. The Bertz CT molecular complexity index is 895. The molecule has 7 heteroatoms. The Kier molecular flexibility index (Phi) is 7.39. The lowest BCUT2D eigenvalue weighted by atomic mass is 9.88. The lowest BCUT2D eigenvalue weighted by Gasteiger charge is -2.38.